The monoisotopic (exact) mass is 411 g/mol. The Morgan fingerprint density at radius 3 is 2.67 bits per heavy atom. The summed E-state index contributed by atoms with van der Waals surface area (Å²) < 4.78 is 26.7. The van der Waals surface area contributed by atoms with Gasteiger partial charge in [-0.3, -0.25) is 4.79 Å². The van der Waals surface area contributed by atoms with Gasteiger partial charge in [0.15, 0.2) is 22.8 Å². The van der Waals surface area contributed by atoms with E-state index in [1.807, 2.05) is 12.1 Å². The summed E-state index contributed by atoms with van der Waals surface area (Å²) in [6.07, 6.45) is -0.0942. The number of hydrogen-bond acceptors (Lipinski definition) is 7. The third-order valence-electron chi connectivity index (χ3n) is 5.06. The van der Waals surface area contributed by atoms with Crippen molar-refractivity contribution < 1.29 is 28.2 Å². The number of hydrogen-bond donors (Lipinski definition) is 1. The second-order valence-electron chi connectivity index (χ2n) is 6.81. The maximum absolute atomic E-state index is 12.6. The van der Waals surface area contributed by atoms with E-state index in [9.17, 15) is 9.59 Å². The van der Waals surface area contributed by atoms with Crippen molar-refractivity contribution in [3.8, 4) is 23.0 Å². The van der Waals surface area contributed by atoms with Crippen LogP contribution >= 0.6 is 0 Å². The van der Waals surface area contributed by atoms with E-state index < -0.39 is 5.63 Å². The number of fused-ring (bicyclic) bond motifs is 2. The Morgan fingerprint density at radius 2 is 1.90 bits per heavy atom. The Balaban J connectivity index is 1.54. The lowest BCUT2D eigenvalue weighted by Crippen LogP contribution is -2.27. The summed E-state index contributed by atoms with van der Waals surface area (Å²) in [4.78, 5) is 25.1. The number of rotatable bonds is 6. The lowest BCUT2D eigenvalue weighted by molar-refractivity contribution is -0.120. The Kier molecular flexibility index (Phi) is 5.22. The number of carbonyl (C=O) groups is 1. The van der Waals surface area contributed by atoms with Crippen molar-refractivity contribution in [2.45, 2.75) is 19.9 Å². The van der Waals surface area contributed by atoms with Gasteiger partial charge in [-0.05, 0) is 42.3 Å². The highest BCUT2D eigenvalue weighted by atomic mass is 16.7. The fraction of sp³-hybridized carbons (Fsp3) is 0.273. The highest BCUT2D eigenvalue weighted by molar-refractivity contribution is 5.89. The third kappa shape index (κ3) is 3.52. The summed E-state index contributed by atoms with van der Waals surface area (Å²) in [5.41, 5.74) is 1.55. The lowest BCUT2D eigenvalue weighted by Gasteiger charge is -2.13. The molecule has 1 amide bonds. The molecule has 156 valence electrons. The molecule has 8 nitrogen and oxygen atoms in total. The molecule has 0 bridgehead atoms. The fourth-order valence-corrected chi connectivity index (χ4v) is 3.44. The molecule has 2 aromatic carbocycles. The molecule has 1 aliphatic heterocycles. The molecule has 0 saturated heterocycles. The van der Waals surface area contributed by atoms with Crippen LogP contribution < -0.4 is 29.9 Å². The van der Waals surface area contributed by atoms with Gasteiger partial charge in [0.25, 0.3) is 0 Å². The highest BCUT2D eigenvalue weighted by Crippen LogP contribution is 2.36. The van der Waals surface area contributed by atoms with Crippen molar-refractivity contribution in [1.82, 2.24) is 5.32 Å². The van der Waals surface area contributed by atoms with Crippen molar-refractivity contribution in [3.63, 3.8) is 0 Å². The first-order valence-electron chi connectivity index (χ1n) is 9.34. The van der Waals surface area contributed by atoms with E-state index in [1.165, 1.54) is 14.2 Å². The first kappa shape index (κ1) is 19.6. The first-order chi connectivity index (χ1) is 14.5. The minimum Gasteiger partial charge on any atom is -0.493 e. The van der Waals surface area contributed by atoms with Crippen LogP contribution in [0, 0.1) is 6.92 Å². The van der Waals surface area contributed by atoms with E-state index in [0.29, 0.717) is 51.6 Å². The summed E-state index contributed by atoms with van der Waals surface area (Å²) in [5.74, 6) is 1.84. The number of nitrogens with one attached hydrogen (secondary N) is 1. The summed E-state index contributed by atoms with van der Waals surface area (Å²) >= 11 is 0. The van der Waals surface area contributed by atoms with Gasteiger partial charge in [-0.15, -0.1) is 0 Å². The van der Waals surface area contributed by atoms with Crippen molar-refractivity contribution >= 4 is 16.9 Å². The summed E-state index contributed by atoms with van der Waals surface area (Å²) in [5, 5.41) is 3.51. The van der Waals surface area contributed by atoms with Gasteiger partial charge in [0, 0.05) is 11.9 Å². The summed E-state index contributed by atoms with van der Waals surface area (Å²) in [6.45, 7) is 2.28. The van der Waals surface area contributed by atoms with Crippen molar-refractivity contribution in [3.05, 3.63) is 57.4 Å². The molecule has 1 aliphatic rings. The molecule has 2 heterocycles. The average Bonchev–Trinajstić information content (AvgIpc) is 3.22. The smallest absolute Gasteiger partial charge is 0.340 e. The van der Waals surface area contributed by atoms with E-state index in [-0.39, 0.29) is 19.1 Å². The minimum absolute atomic E-state index is 0.0942. The van der Waals surface area contributed by atoms with Gasteiger partial charge in [-0.1, -0.05) is 6.07 Å². The molecule has 3 aromatic rings. The number of aryl methyl sites for hydroxylation is 1. The molecule has 0 fully saturated rings. The molecule has 0 aliphatic carbocycles. The first-order valence-corrected chi connectivity index (χ1v) is 9.34. The number of ether oxygens (including phenoxy) is 4. The maximum Gasteiger partial charge on any atom is 0.340 e. The molecule has 0 atom stereocenters. The van der Waals surface area contributed by atoms with E-state index in [0.717, 1.165) is 5.56 Å². The predicted molar refractivity (Wildman–Crippen MR) is 108 cm³/mol. The molecular weight excluding hydrogens is 390 g/mol. The number of benzene rings is 2. The van der Waals surface area contributed by atoms with Gasteiger partial charge in [0.1, 0.15) is 0 Å². The second kappa shape index (κ2) is 7.98. The van der Waals surface area contributed by atoms with Crippen LogP contribution in [-0.4, -0.2) is 26.9 Å². The number of amides is 1. The van der Waals surface area contributed by atoms with Gasteiger partial charge in [0.2, 0.25) is 18.4 Å². The third-order valence-corrected chi connectivity index (χ3v) is 5.06. The maximum atomic E-state index is 12.6. The van der Waals surface area contributed by atoms with Crippen molar-refractivity contribution in [1.29, 1.82) is 0 Å². The number of methoxy groups -OCH3 is 2. The van der Waals surface area contributed by atoms with Gasteiger partial charge in [-0.2, -0.15) is 0 Å². The molecule has 0 unspecified atom stereocenters. The zero-order chi connectivity index (χ0) is 21.3. The van der Waals surface area contributed by atoms with E-state index in [4.69, 9.17) is 23.4 Å². The van der Waals surface area contributed by atoms with Crippen LogP contribution in [-0.2, 0) is 17.8 Å². The molecular formula is C22H21NO7. The predicted octanol–water partition coefficient (Wildman–Crippen LogP) is 2.71. The van der Waals surface area contributed by atoms with Gasteiger partial charge in [0.05, 0.1) is 26.2 Å². The standard InChI is InChI=1S/C22H21NO7/c1-12-14-5-7-17(26-2)21(27-3)20(14)30-22(25)15(12)9-19(24)23-10-13-4-6-16-18(8-13)29-11-28-16/h4-8H,9-11H2,1-3H3,(H,23,24). The van der Waals surface area contributed by atoms with Crippen LogP contribution in [0.4, 0.5) is 0 Å². The SMILES string of the molecule is COc1ccc2c(C)c(CC(=O)NCc3ccc4c(c3)OCO4)c(=O)oc2c1OC. The Morgan fingerprint density at radius 1 is 1.10 bits per heavy atom. The van der Waals surface area contributed by atoms with Gasteiger partial charge < -0.3 is 28.7 Å². The minimum atomic E-state index is -0.579. The normalized spacial score (nSPS) is 12.1. The van der Waals surface area contributed by atoms with Crippen molar-refractivity contribution in [2.24, 2.45) is 0 Å². The topological polar surface area (TPSA) is 96.2 Å². The molecule has 0 radical (unpaired) electrons. The highest BCUT2D eigenvalue weighted by Gasteiger charge is 2.20. The molecule has 0 saturated carbocycles. The van der Waals surface area contributed by atoms with E-state index in [2.05, 4.69) is 5.32 Å². The fourth-order valence-electron chi connectivity index (χ4n) is 3.44. The Hall–Kier alpha value is -3.68. The Labute approximate surface area is 172 Å². The van der Waals surface area contributed by atoms with Crippen LogP contribution in [0.3, 0.4) is 0 Å². The summed E-state index contributed by atoms with van der Waals surface area (Å²) in [6, 6.07) is 8.98. The van der Waals surface area contributed by atoms with Gasteiger partial charge >= 0.3 is 5.63 Å². The van der Waals surface area contributed by atoms with E-state index >= 15 is 0 Å². The zero-order valence-corrected chi connectivity index (χ0v) is 16.9. The largest absolute Gasteiger partial charge is 0.493 e. The zero-order valence-electron chi connectivity index (χ0n) is 16.9. The van der Waals surface area contributed by atoms with E-state index in [1.54, 1.807) is 25.1 Å². The molecule has 8 heteroatoms. The quantitative estimate of drug-likeness (QED) is 0.623. The number of carbonyl (C=O) groups excluding carboxylic acids is 1. The van der Waals surface area contributed by atoms with Crippen LogP contribution in [0.25, 0.3) is 11.0 Å². The van der Waals surface area contributed by atoms with Crippen LogP contribution in [0.1, 0.15) is 16.7 Å². The average molecular weight is 411 g/mol. The molecule has 4 rings (SSSR count). The molecule has 1 N–H and O–H groups in total. The Bertz CT molecular complexity index is 1180. The molecule has 1 aromatic heterocycles. The molecule has 30 heavy (non-hydrogen) atoms. The molecule has 0 spiro atoms. The lowest BCUT2D eigenvalue weighted by atomic mass is 10.0. The van der Waals surface area contributed by atoms with Crippen LogP contribution in [0.15, 0.2) is 39.5 Å². The summed E-state index contributed by atoms with van der Waals surface area (Å²) in [7, 11) is 2.98. The van der Waals surface area contributed by atoms with Crippen molar-refractivity contribution in [2.75, 3.05) is 21.0 Å². The van der Waals surface area contributed by atoms with Gasteiger partial charge in [-0.25, -0.2) is 4.79 Å². The second-order valence-corrected chi connectivity index (χ2v) is 6.81. The van der Waals surface area contributed by atoms with Crippen LogP contribution in [0.2, 0.25) is 0 Å². The van der Waals surface area contributed by atoms with Crippen LogP contribution in [0.5, 0.6) is 23.0 Å².